The van der Waals surface area contributed by atoms with E-state index in [1.165, 1.54) is 0 Å². The summed E-state index contributed by atoms with van der Waals surface area (Å²) < 4.78 is 5.31. The highest BCUT2D eigenvalue weighted by atomic mass is 16.3. The quantitative estimate of drug-likeness (QED) is 0.506. The molecule has 0 spiro atoms. The van der Waals surface area contributed by atoms with Gasteiger partial charge in [0.1, 0.15) is 11.5 Å². The van der Waals surface area contributed by atoms with Gasteiger partial charge in [-0.25, -0.2) is 5.43 Å². The molecule has 0 bridgehead atoms. The summed E-state index contributed by atoms with van der Waals surface area (Å²) in [5.41, 5.74) is 3.10. The highest BCUT2D eigenvalue weighted by molar-refractivity contribution is 5.95. The van der Waals surface area contributed by atoms with E-state index in [-0.39, 0.29) is 5.91 Å². The molecule has 1 atom stereocenters. The van der Waals surface area contributed by atoms with Crippen LogP contribution in [0, 0.1) is 19.8 Å². The van der Waals surface area contributed by atoms with Crippen molar-refractivity contribution in [3.8, 4) is 0 Å². The molecule has 1 amide bonds. The molecule has 0 saturated heterocycles. The van der Waals surface area contributed by atoms with Crippen LogP contribution in [0.4, 0.5) is 0 Å². The third kappa shape index (κ3) is 3.09. The summed E-state index contributed by atoms with van der Waals surface area (Å²) in [7, 11) is 0. The molecule has 0 aliphatic heterocycles. The highest BCUT2D eigenvalue weighted by Crippen LogP contribution is 2.16. The molecule has 0 unspecified atom stereocenters. The van der Waals surface area contributed by atoms with Crippen LogP contribution in [-0.2, 0) is 0 Å². The Morgan fingerprint density at radius 3 is 2.94 bits per heavy atom. The number of allylic oxidation sites excluding steroid dienone is 2. The molecule has 0 fully saturated rings. The molecular formula is C14H18N2O2. The molecule has 1 aromatic heterocycles. The van der Waals surface area contributed by atoms with E-state index in [0.29, 0.717) is 17.2 Å². The Kier molecular flexibility index (Phi) is 3.97. The van der Waals surface area contributed by atoms with Crippen molar-refractivity contribution in [1.82, 2.24) is 5.43 Å². The average Bonchev–Trinajstić information content (AvgIpc) is 2.70. The van der Waals surface area contributed by atoms with Crippen molar-refractivity contribution in [3.05, 3.63) is 35.3 Å². The van der Waals surface area contributed by atoms with E-state index < -0.39 is 0 Å². The molecule has 1 aromatic rings. The van der Waals surface area contributed by atoms with Gasteiger partial charge in [-0.15, -0.1) is 0 Å². The number of carbonyl (C=O) groups is 1. The Bertz CT molecular complexity index is 486. The molecule has 96 valence electrons. The van der Waals surface area contributed by atoms with Crippen molar-refractivity contribution in [3.63, 3.8) is 0 Å². The van der Waals surface area contributed by atoms with Crippen molar-refractivity contribution in [2.45, 2.75) is 33.1 Å². The summed E-state index contributed by atoms with van der Waals surface area (Å²) >= 11 is 0. The Labute approximate surface area is 107 Å². The molecule has 1 heterocycles. The van der Waals surface area contributed by atoms with Crippen LogP contribution in [0.25, 0.3) is 0 Å². The maximum atomic E-state index is 11.8. The summed E-state index contributed by atoms with van der Waals surface area (Å²) in [4.78, 5) is 11.8. The third-order valence-electron chi connectivity index (χ3n) is 3.05. The van der Waals surface area contributed by atoms with Crippen molar-refractivity contribution in [2.24, 2.45) is 11.0 Å². The monoisotopic (exact) mass is 246 g/mol. The van der Waals surface area contributed by atoms with E-state index in [4.69, 9.17) is 4.42 Å². The number of hydrogen-bond acceptors (Lipinski definition) is 3. The first-order valence-corrected chi connectivity index (χ1v) is 6.22. The number of nitrogens with one attached hydrogen (secondary N) is 1. The minimum Gasteiger partial charge on any atom is -0.466 e. The van der Waals surface area contributed by atoms with Crippen LogP contribution < -0.4 is 5.43 Å². The first-order chi connectivity index (χ1) is 8.66. The van der Waals surface area contributed by atoms with Crippen LogP contribution in [0.3, 0.4) is 0 Å². The fraction of sp³-hybridized carbons (Fsp3) is 0.429. The molecule has 1 N–H and O–H groups in total. The summed E-state index contributed by atoms with van der Waals surface area (Å²) in [5, 5.41) is 4.02. The fourth-order valence-corrected chi connectivity index (χ4v) is 2.07. The van der Waals surface area contributed by atoms with Crippen LogP contribution in [0.5, 0.6) is 0 Å². The second-order valence-electron chi connectivity index (χ2n) is 4.59. The van der Waals surface area contributed by atoms with E-state index in [1.54, 1.807) is 13.0 Å². The molecule has 0 saturated carbocycles. The maximum Gasteiger partial charge on any atom is 0.274 e. The lowest BCUT2D eigenvalue weighted by molar-refractivity contribution is 0.0953. The van der Waals surface area contributed by atoms with Gasteiger partial charge >= 0.3 is 0 Å². The number of carbonyl (C=O) groups excluding carboxylic acids is 1. The van der Waals surface area contributed by atoms with Gasteiger partial charge in [-0.2, -0.15) is 5.10 Å². The molecule has 0 radical (unpaired) electrons. The van der Waals surface area contributed by atoms with Gasteiger partial charge < -0.3 is 4.42 Å². The predicted octanol–water partition coefficient (Wildman–Crippen LogP) is 2.97. The molecule has 1 aliphatic rings. The minimum atomic E-state index is -0.216. The van der Waals surface area contributed by atoms with Gasteiger partial charge in [-0.3, -0.25) is 4.79 Å². The predicted molar refractivity (Wildman–Crippen MR) is 70.6 cm³/mol. The van der Waals surface area contributed by atoms with Crippen LogP contribution in [0.1, 0.15) is 41.1 Å². The smallest absolute Gasteiger partial charge is 0.274 e. The number of hydrazone groups is 1. The zero-order valence-corrected chi connectivity index (χ0v) is 10.8. The lowest BCUT2D eigenvalue weighted by Crippen LogP contribution is -2.19. The first-order valence-electron chi connectivity index (χ1n) is 6.22. The molecule has 2 rings (SSSR count). The number of hydrogen-bond donors (Lipinski definition) is 1. The Morgan fingerprint density at radius 2 is 2.33 bits per heavy atom. The van der Waals surface area contributed by atoms with Crippen LogP contribution in [-0.4, -0.2) is 12.1 Å². The second-order valence-corrected chi connectivity index (χ2v) is 4.59. The standard InChI is InChI=1S/C14H18N2O2/c1-10-8-13(11(2)18-10)14(17)16-15-9-12-6-4-3-5-7-12/h3-4,8-9,12H,5-7H2,1-2H3,(H,16,17)/b15-9-/t12-/m0/s1. The normalized spacial score (nSPS) is 19.3. The highest BCUT2D eigenvalue weighted by Gasteiger charge is 2.13. The third-order valence-corrected chi connectivity index (χ3v) is 3.05. The van der Waals surface area contributed by atoms with Crippen LogP contribution in [0.2, 0.25) is 0 Å². The van der Waals surface area contributed by atoms with Gasteiger partial charge in [0.25, 0.3) is 5.91 Å². The number of rotatable bonds is 3. The van der Waals surface area contributed by atoms with Crippen molar-refractivity contribution in [2.75, 3.05) is 0 Å². The van der Waals surface area contributed by atoms with Gasteiger partial charge in [-0.05, 0) is 45.1 Å². The van der Waals surface area contributed by atoms with Crippen LogP contribution >= 0.6 is 0 Å². The van der Waals surface area contributed by atoms with E-state index in [2.05, 4.69) is 22.7 Å². The van der Waals surface area contributed by atoms with Crippen molar-refractivity contribution in [1.29, 1.82) is 0 Å². The summed E-state index contributed by atoms with van der Waals surface area (Å²) in [6, 6.07) is 1.73. The second kappa shape index (κ2) is 5.67. The van der Waals surface area contributed by atoms with Crippen molar-refractivity contribution < 1.29 is 9.21 Å². The van der Waals surface area contributed by atoms with Gasteiger partial charge in [0, 0.05) is 6.21 Å². The molecule has 4 heteroatoms. The summed E-state index contributed by atoms with van der Waals surface area (Å²) in [6.45, 7) is 3.60. The van der Waals surface area contributed by atoms with Gasteiger partial charge in [0.05, 0.1) is 5.56 Å². The maximum absolute atomic E-state index is 11.8. The average molecular weight is 246 g/mol. The van der Waals surface area contributed by atoms with Gasteiger partial charge in [0.2, 0.25) is 0 Å². The Hall–Kier alpha value is -1.84. The molecule has 1 aliphatic carbocycles. The summed E-state index contributed by atoms with van der Waals surface area (Å²) in [5.74, 6) is 1.58. The fourth-order valence-electron chi connectivity index (χ4n) is 2.07. The zero-order chi connectivity index (χ0) is 13.0. The van der Waals surface area contributed by atoms with E-state index in [0.717, 1.165) is 25.0 Å². The summed E-state index contributed by atoms with van der Waals surface area (Å²) in [6.07, 6.45) is 9.35. The SMILES string of the molecule is Cc1cc(C(=O)N/N=C\[C@H]2CC=CCC2)c(C)o1. The van der Waals surface area contributed by atoms with Gasteiger partial charge in [-0.1, -0.05) is 12.2 Å². The molecular weight excluding hydrogens is 228 g/mol. The van der Waals surface area contributed by atoms with E-state index in [1.807, 2.05) is 13.1 Å². The van der Waals surface area contributed by atoms with E-state index in [9.17, 15) is 4.79 Å². The molecule has 4 nitrogen and oxygen atoms in total. The molecule has 0 aromatic carbocycles. The largest absolute Gasteiger partial charge is 0.466 e. The number of aryl methyl sites for hydroxylation is 2. The minimum absolute atomic E-state index is 0.216. The Morgan fingerprint density at radius 1 is 1.50 bits per heavy atom. The zero-order valence-electron chi connectivity index (χ0n) is 10.8. The van der Waals surface area contributed by atoms with Crippen LogP contribution in [0.15, 0.2) is 27.7 Å². The first kappa shape index (κ1) is 12.6. The molecule has 18 heavy (non-hydrogen) atoms. The van der Waals surface area contributed by atoms with E-state index >= 15 is 0 Å². The topological polar surface area (TPSA) is 54.6 Å². The number of nitrogens with zero attached hydrogens (tertiary/aromatic N) is 1. The van der Waals surface area contributed by atoms with Crippen molar-refractivity contribution >= 4 is 12.1 Å². The lowest BCUT2D eigenvalue weighted by atomic mass is 9.96. The van der Waals surface area contributed by atoms with Gasteiger partial charge in [0.15, 0.2) is 0 Å². The number of amides is 1. The number of furan rings is 1. The lowest BCUT2D eigenvalue weighted by Gasteiger charge is -2.11. The Balaban J connectivity index is 1.90.